The summed E-state index contributed by atoms with van der Waals surface area (Å²) in [6.07, 6.45) is 2.49. The molecule has 0 radical (unpaired) electrons. The number of benzene rings is 4. The van der Waals surface area contributed by atoms with E-state index in [1.165, 1.54) is 5.56 Å². The van der Waals surface area contributed by atoms with Gasteiger partial charge in [-0.2, -0.15) is 0 Å². The molecular formula is C30H24BrN5S. The quantitative estimate of drug-likeness (QED) is 0.215. The van der Waals surface area contributed by atoms with Crippen LogP contribution in [0.3, 0.4) is 0 Å². The second kappa shape index (κ2) is 10.3. The fourth-order valence-electron chi connectivity index (χ4n) is 4.82. The molecular weight excluding hydrogens is 542 g/mol. The van der Waals surface area contributed by atoms with Crippen molar-refractivity contribution in [1.82, 2.24) is 15.3 Å². The summed E-state index contributed by atoms with van der Waals surface area (Å²) < 4.78 is 1.01. The van der Waals surface area contributed by atoms with Gasteiger partial charge in [-0.3, -0.25) is 4.99 Å². The van der Waals surface area contributed by atoms with Crippen LogP contribution in [0.2, 0.25) is 0 Å². The minimum absolute atomic E-state index is 0.0719. The van der Waals surface area contributed by atoms with Crippen molar-refractivity contribution >= 4 is 55.8 Å². The molecule has 2 atom stereocenters. The number of aromatic amines is 1. The lowest BCUT2D eigenvalue weighted by atomic mass is 9.98. The van der Waals surface area contributed by atoms with Crippen LogP contribution >= 0.6 is 28.1 Å². The van der Waals surface area contributed by atoms with E-state index >= 15 is 0 Å². The molecule has 0 aliphatic carbocycles. The molecule has 2 N–H and O–H groups in total. The van der Waals surface area contributed by atoms with Gasteiger partial charge in [0.05, 0.1) is 23.4 Å². The molecule has 1 aromatic heterocycles. The Bertz CT molecular complexity index is 1580. The first-order valence-electron chi connectivity index (χ1n) is 12.1. The number of nitrogens with one attached hydrogen (secondary N) is 2. The number of amidine groups is 1. The van der Waals surface area contributed by atoms with E-state index in [0.717, 1.165) is 44.6 Å². The predicted molar refractivity (Wildman–Crippen MR) is 158 cm³/mol. The van der Waals surface area contributed by atoms with Gasteiger partial charge in [0.25, 0.3) is 0 Å². The number of anilines is 1. The Morgan fingerprint density at radius 1 is 0.919 bits per heavy atom. The third kappa shape index (κ3) is 4.92. The maximum Gasteiger partial charge on any atom is 0.179 e. The average Bonchev–Trinajstić information content (AvgIpc) is 3.52. The van der Waals surface area contributed by atoms with E-state index in [-0.39, 0.29) is 12.1 Å². The summed E-state index contributed by atoms with van der Waals surface area (Å²) in [5.41, 5.74) is 6.34. The predicted octanol–water partition coefficient (Wildman–Crippen LogP) is 7.14. The summed E-state index contributed by atoms with van der Waals surface area (Å²) in [6, 6.07) is 35.2. The lowest BCUT2D eigenvalue weighted by Crippen LogP contribution is -2.29. The lowest BCUT2D eigenvalue weighted by molar-refractivity contribution is 0.715. The van der Waals surface area contributed by atoms with Crippen LogP contribution in [0, 0.1) is 0 Å². The van der Waals surface area contributed by atoms with Crippen molar-refractivity contribution in [2.75, 3.05) is 4.90 Å². The first-order valence-corrected chi connectivity index (χ1v) is 13.3. The summed E-state index contributed by atoms with van der Waals surface area (Å²) in [4.78, 5) is 15.1. The number of nitrogens with zero attached hydrogens (tertiary/aromatic N) is 3. The van der Waals surface area contributed by atoms with Crippen molar-refractivity contribution in [1.29, 1.82) is 0 Å². The van der Waals surface area contributed by atoms with E-state index in [1.807, 2.05) is 30.3 Å². The number of H-pyrrole nitrogens is 1. The first-order chi connectivity index (χ1) is 18.2. The van der Waals surface area contributed by atoms with Gasteiger partial charge < -0.3 is 15.2 Å². The molecule has 1 saturated heterocycles. The van der Waals surface area contributed by atoms with Gasteiger partial charge in [0.15, 0.2) is 5.11 Å². The highest BCUT2D eigenvalue weighted by atomic mass is 79.9. The molecule has 1 aliphatic heterocycles. The highest BCUT2D eigenvalue weighted by Gasteiger charge is 2.37. The summed E-state index contributed by atoms with van der Waals surface area (Å²) in [7, 11) is 0. The van der Waals surface area contributed by atoms with Gasteiger partial charge in [0, 0.05) is 10.2 Å². The fraction of sp³-hybridized carbons (Fsp3) is 0.100. The van der Waals surface area contributed by atoms with E-state index in [2.05, 4.69) is 109 Å². The molecule has 6 rings (SSSR count). The molecule has 4 aromatic carbocycles. The van der Waals surface area contributed by atoms with Crippen LogP contribution in [0.1, 0.15) is 28.8 Å². The molecule has 5 nitrogen and oxygen atoms in total. The van der Waals surface area contributed by atoms with Crippen LogP contribution in [0.4, 0.5) is 5.69 Å². The number of imidazole rings is 1. The summed E-state index contributed by atoms with van der Waals surface area (Å²) in [5, 5.41) is 4.08. The maximum atomic E-state index is 5.90. The van der Waals surface area contributed by atoms with Crippen LogP contribution in [0.15, 0.2) is 119 Å². The highest BCUT2D eigenvalue weighted by Crippen LogP contribution is 2.36. The fourth-order valence-corrected chi connectivity index (χ4v) is 5.55. The van der Waals surface area contributed by atoms with Gasteiger partial charge in [0.1, 0.15) is 11.9 Å². The molecule has 2 unspecified atom stereocenters. The standard InChI is InChI=1S/C30H24BrN5S/c31-23-13-7-12-22(17-23)28-29(35-30(37)36(28)24-14-15-25-27(18-24)33-19-32-25)34-26(21-10-5-2-6-11-21)16-20-8-3-1-4-9-20/h1-15,17-19,26,28H,16H2,(H,32,33)(H,34,35,37). The van der Waals surface area contributed by atoms with Crippen molar-refractivity contribution in [3.05, 3.63) is 131 Å². The van der Waals surface area contributed by atoms with Crippen LogP contribution in [0.25, 0.3) is 11.0 Å². The summed E-state index contributed by atoms with van der Waals surface area (Å²) in [6.45, 7) is 0. The number of hydrogen-bond donors (Lipinski definition) is 2. The Labute approximate surface area is 229 Å². The highest BCUT2D eigenvalue weighted by molar-refractivity contribution is 9.10. The molecule has 0 saturated carbocycles. The van der Waals surface area contributed by atoms with Gasteiger partial charge in [-0.25, -0.2) is 4.98 Å². The maximum absolute atomic E-state index is 5.90. The zero-order valence-corrected chi connectivity index (χ0v) is 22.3. The third-order valence-electron chi connectivity index (χ3n) is 6.57. The van der Waals surface area contributed by atoms with E-state index < -0.39 is 0 Å². The van der Waals surface area contributed by atoms with Crippen LogP contribution < -0.4 is 10.2 Å². The van der Waals surface area contributed by atoms with Crippen molar-refractivity contribution in [3.8, 4) is 0 Å². The van der Waals surface area contributed by atoms with E-state index in [0.29, 0.717) is 5.11 Å². The number of aromatic nitrogens is 2. The molecule has 0 bridgehead atoms. The Morgan fingerprint density at radius 2 is 1.70 bits per heavy atom. The zero-order chi connectivity index (χ0) is 25.2. The molecule has 5 aromatic rings. The van der Waals surface area contributed by atoms with Crippen LogP contribution in [-0.4, -0.2) is 20.9 Å². The number of thiocarbonyl (C=S) groups is 1. The summed E-state index contributed by atoms with van der Waals surface area (Å²) >= 11 is 9.56. The molecule has 7 heteroatoms. The van der Waals surface area contributed by atoms with Gasteiger partial charge >= 0.3 is 0 Å². The van der Waals surface area contributed by atoms with Crippen molar-refractivity contribution in [2.45, 2.75) is 18.5 Å². The molecule has 0 spiro atoms. The molecule has 182 valence electrons. The number of halogens is 1. The van der Waals surface area contributed by atoms with Gasteiger partial charge in [-0.15, -0.1) is 0 Å². The number of hydrogen-bond acceptors (Lipinski definition) is 3. The van der Waals surface area contributed by atoms with Gasteiger partial charge in [-0.1, -0.05) is 88.7 Å². The van der Waals surface area contributed by atoms with E-state index in [4.69, 9.17) is 17.2 Å². The molecule has 2 heterocycles. The van der Waals surface area contributed by atoms with Crippen molar-refractivity contribution in [3.63, 3.8) is 0 Å². The SMILES string of the molecule is S=C1N/C(=N\C(Cc2ccccc2)c2ccccc2)C(c2cccc(Br)c2)N1c1ccc2[nH]cnc2c1. The Morgan fingerprint density at radius 3 is 2.49 bits per heavy atom. The minimum atomic E-state index is -0.205. The number of fused-ring (bicyclic) bond motifs is 1. The third-order valence-corrected chi connectivity index (χ3v) is 7.36. The smallest absolute Gasteiger partial charge is 0.179 e. The molecule has 1 fully saturated rings. The second-order valence-electron chi connectivity index (χ2n) is 8.99. The minimum Gasteiger partial charge on any atom is -0.345 e. The van der Waals surface area contributed by atoms with Crippen LogP contribution in [0.5, 0.6) is 0 Å². The van der Waals surface area contributed by atoms with E-state index in [9.17, 15) is 0 Å². The normalized spacial score (nSPS) is 17.3. The Kier molecular flexibility index (Phi) is 6.55. The molecule has 37 heavy (non-hydrogen) atoms. The van der Waals surface area contributed by atoms with E-state index in [1.54, 1.807) is 6.33 Å². The zero-order valence-electron chi connectivity index (χ0n) is 19.9. The van der Waals surface area contributed by atoms with Crippen molar-refractivity contribution < 1.29 is 0 Å². The molecule has 1 aliphatic rings. The second-order valence-corrected chi connectivity index (χ2v) is 10.3. The van der Waals surface area contributed by atoms with Crippen molar-refractivity contribution in [2.24, 2.45) is 4.99 Å². The summed E-state index contributed by atoms with van der Waals surface area (Å²) in [5.74, 6) is 0.829. The largest absolute Gasteiger partial charge is 0.345 e. The monoisotopic (exact) mass is 565 g/mol. The van der Waals surface area contributed by atoms with Gasteiger partial charge in [-0.05, 0) is 65.7 Å². The topological polar surface area (TPSA) is 56.3 Å². The average molecular weight is 567 g/mol. The first kappa shape index (κ1) is 23.6. The van der Waals surface area contributed by atoms with Gasteiger partial charge in [0.2, 0.25) is 0 Å². The Hall–Kier alpha value is -3.81. The van der Waals surface area contributed by atoms with Crippen LogP contribution in [-0.2, 0) is 6.42 Å². The number of aliphatic imine (C=N–C) groups is 1. The molecule has 0 amide bonds. The Balaban J connectivity index is 1.47. The number of rotatable bonds is 6. The lowest BCUT2D eigenvalue weighted by Gasteiger charge is -2.26.